The van der Waals surface area contributed by atoms with Crippen LogP contribution in [0.5, 0.6) is 0 Å². The molecule has 2 saturated heterocycles. The molecule has 1 N–H and O–H groups in total. The quantitative estimate of drug-likeness (QED) is 0.679. The van der Waals surface area contributed by atoms with Gasteiger partial charge in [-0.3, -0.25) is 4.79 Å². The molecule has 0 saturated carbocycles. The predicted molar refractivity (Wildman–Crippen MR) is 124 cm³/mol. The van der Waals surface area contributed by atoms with Gasteiger partial charge < -0.3 is 19.7 Å². The highest BCUT2D eigenvalue weighted by Crippen LogP contribution is 2.21. The molecule has 178 valence electrons. The van der Waals surface area contributed by atoms with E-state index in [1.54, 1.807) is 18.3 Å². The number of anilines is 1. The lowest BCUT2D eigenvalue weighted by Crippen LogP contribution is -2.48. The van der Waals surface area contributed by atoms with Crippen molar-refractivity contribution in [2.75, 3.05) is 44.3 Å². The van der Waals surface area contributed by atoms with Crippen LogP contribution in [0.25, 0.3) is 0 Å². The van der Waals surface area contributed by atoms with Gasteiger partial charge in [-0.2, -0.15) is 4.31 Å². The lowest BCUT2D eigenvalue weighted by molar-refractivity contribution is -0.0440. The molecular weight excluding hydrogens is 444 g/mol. The van der Waals surface area contributed by atoms with Crippen molar-refractivity contribution in [1.29, 1.82) is 0 Å². The Labute approximate surface area is 194 Å². The Hall–Kier alpha value is -2.53. The number of hydrogen-bond donors (Lipinski definition) is 1. The monoisotopic (exact) mass is 474 g/mol. The normalized spacial score (nSPS) is 22.2. The van der Waals surface area contributed by atoms with Crippen molar-refractivity contribution in [1.82, 2.24) is 14.6 Å². The Morgan fingerprint density at radius 2 is 1.76 bits per heavy atom. The molecule has 0 bridgehead atoms. The van der Waals surface area contributed by atoms with Crippen molar-refractivity contribution in [3.05, 3.63) is 53.7 Å². The molecule has 0 spiro atoms. The Balaban J connectivity index is 1.38. The summed E-state index contributed by atoms with van der Waals surface area (Å²) in [4.78, 5) is 19.4. The van der Waals surface area contributed by atoms with Crippen LogP contribution in [0, 0.1) is 0 Å². The van der Waals surface area contributed by atoms with Gasteiger partial charge in [0.15, 0.2) is 0 Å². The van der Waals surface area contributed by atoms with Crippen LogP contribution in [0.1, 0.15) is 29.8 Å². The molecular formula is C23H30N4O5S. The van der Waals surface area contributed by atoms with Crippen molar-refractivity contribution in [3.63, 3.8) is 0 Å². The summed E-state index contributed by atoms with van der Waals surface area (Å²) in [6.07, 6.45) is 1.41. The molecule has 4 rings (SSSR count). The first-order valence-electron chi connectivity index (χ1n) is 11.1. The fourth-order valence-electron chi connectivity index (χ4n) is 4.07. The molecule has 2 unspecified atom stereocenters. The summed E-state index contributed by atoms with van der Waals surface area (Å²) in [5.41, 5.74) is 1.34. The van der Waals surface area contributed by atoms with E-state index in [1.807, 2.05) is 26.0 Å². The molecule has 2 atom stereocenters. The number of ether oxygens (including phenoxy) is 2. The highest BCUT2D eigenvalue weighted by atomic mass is 32.2. The zero-order valence-corrected chi connectivity index (χ0v) is 19.8. The maximum absolute atomic E-state index is 13.0. The molecule has 2 aliphatic rings. The van der Waals surface area contributed by atoms with Gasteiger partial charge in [-0.15, -0.1) is 0 Å². The van der Waals surface area contributed by atoms with E-state index >= 15 is 0 Å². The molecule has 1 aromatic heterocycles. The van der Waals surface area contributed by atoms with Gasteiger partial charge in [0.2, 0.25) is 10.0 Å². The van der Waals surface area contributed by atoms with E-state index in [0.717, 1.165) is 24.5 Å². The smallest absolute Gasteiger partial charge is 0.251 e. The minimum Gasteiger partial charge on any atom is -0.378 e. The Morgan fingerprint density at radius 3 is 2.42 bits per heavy atom. The van der Waals surface area contributed by atoms with Gasteiger partial charge in [0.1, 0.15) is 5.82 Å². The van der Waals surface area contributed by atoms with Crippen molar-refractivity contribution in [2.45, 2.75) is 37.5 Å². The zero-order chi connectivity index (χ0) is 23.4. The molecule has 0 radical (unpaired) electrons. The first-order valence-corrected chi connectivity index (χ1v) is 12.6. The lowest BCUT2D eigenvalue weighted by atomic mass is 10.2. The van der Waals surface area contributed by atoms with Gasteiger partial charge in [0.05, 0.1) is 30.3 Å². The molecule has 9 nitrogen and oxygen atoms in total. The lowest BCUT2D eigenvalue weighted by Gasteiger charge is -2.34. The summed E-state index contributed by atoms with van der Waals surface area (Å²) in [6.45, 7) is 7.64. The first-order chi connectivity index (χ1) is 15.8. The van der Waals surface area contributed by atoms with E-state index in [0.29, 0.717) is 38.4 Å². The SMILES string of the molecule is CC1CN(S(=O)(=O)c2ccc(C(=O)NCc3ccnc(N4CCOCC4)c3)cc2)CC(C)O1. The fraction of sp³-hybridized carbons (Fsp3) is 0.478. The summed E-state index contributed by atoms with van der Waals surface area (Å²) in [6, 6.07) is 9.88. The van der Waals surface area contributed by atoms with E-state index < -0.39 is 10.0 Å². The van der Waals surface area contributed by atoms with E-state index in [2.05, 4.69) is 15.2 Å². The van der Waals surface area contributed by atoms with Crippen LogP contribution in [0.2, 0.25) is 0 Å². The second-order valence-electron chi connectivity index (χ2n) is 8.41. The number of amides is 1. The number of nitrogens with zero attached hydrogens (tertiary/aromatic N) is 3. The highest BCUT2D eigenvalue weighted by molar-refractivity contribution is 7.89. The van der Waals surface area contributed by atoms with E-state index in [-0.39, 0.29) is 23.0 Å². The Bertz CT molecular complexity index is 1060. The molecule has 2 aliphatic heterocycles. The van der Waals surface area contributed by atoms with Gasteiger partial charge in [0, 0.05) is 44.5 Å². The number of benzene rings is 1. The molecule has 2 fully saturated rings. The molecule has 1 aromatic carbocycles. The van der Waals surface area contributed by atoms with Crippen LogP contribution < -0.4 is 10.2 Å². The largest absolute Gasteiger partial charge is 0.378 e. The van der Waals surface area contributed by atoms with Crippen molar-refractivity contribution < 1.29 is 22.7 Å². The molecule has 0 aliphatic carbocycles. The van der Waals surface area contributed by atoms with Crippen LogP contribution in [0.15, 0.2) is 47.5 Å². The van der Waals surface area contributed by atoms with Crippen molar-refractivity contribution >= 4 is 21.7 Å². The third-order valence-corrected chi connectivity index (χ3v) is 7.58. The number of pyridine rings is 1. The summed E-state index contributed by atoms with van der Waals surface area (Å²) in [5, 5.41) is 2.89. The van der Waals surface area contributed by atoms with Crippen LogP contribution in [0.3, 0.4) is 0 Å². The zero-order valence-electron chi connectivity index (χ0n) is 18.9. The van der Waals surface area contributed by atoms with E-state index in [9.17, 15) is 13.2 Å². The fourth-order valence-corrected chi connectivity index (χ4v) is 5.67. The predicted octanol–water partition coefficient (Wildman–Crippen LogP) is 1.65. The van der Waals surface area contributed by atoms with Gasteiger partial charge in [0.25, 0.3) is 5.91 Å². The first kappa shape index (κ1) is 23.6. The van der Waals surface area contributed by atoms with Crippen molar-refractivity contribution in [2.24, 2.45) is 0 Å². The second-order valence-corrected chi connectivity index (χ2v) is 10.3. The van der Waals surface area contributed by atoms with Gasteiger partial charge in [-0.1, -0.05) is 0 Å². The van der Waals surface area contributed by atoms with E-state index in [1.165, 1.54) is 16.4 Å². The van der Waals surface area contributed by atoms with Crippen LogP contribution >= 0.6 is 0 Å². The number of hydrogen-bond acceptors (Lipinski definition) is 7. The topological polar surface area (TPSA) is 101 Å². The third-order valence-electron chi connectivity index (χ3n) is 5.74. The number of rotatable bonds is 6. The van der Waals surface area contributed by atoms with E-state index in [4.69, 9.17) is 9.47 Å². The van der Waals surface area contributed by atoms with Crippen LogP contribution in [0.4, 0.5) is 5.82 Å². The standard InChI is InChI=1S/C23H30N4O5S/c1-17-15-27(16-18(2)32-17)33(29,30)21-5-3-20(4-6-21)23(28)25-14-19-7-8-24-22(13-19)26-9-11-31-12-10-26/h3-8,13,17-18H,9-12,14-16H2,1-2H3,(H,25,28). The second kappa shape index (κ2) is 10.2. The molecule has 2 aromatic rings. The van der Waals surface area contributed by atoms with Crippen LogP contribution in [-0.4, -0.2) is 75.2 Å². The Kier molecular flexibility index (Phi) is 7.28. The minimum absolute atomic E-state index is 0.162. The van der Waals surface area contributed by atoms with Crippen molar-refractivity contribution in [3.8, 4) is 0 Å². The minimum atomic E-state index is -3.64. The maximum atomic E-state index is 13.0. The van der Waals surface area contributed by atoms with Gasteiger partial charge >= 0.3 is 0 Å². The Morgan fingerprint density at radius 1 is 1.09 bits per heavy atom. The molecule has 33 heavy (non-hydrogen) atoms. The average Bonchev–Trinajstić information content (AvgIpc) is 2.83. The molecule has 1 amide bonds. The third kappa shape index (κ3) is 5.70. The summed E-state index contributed by atoms with van der Waals surface area (Å²) < 4.78 is 38.4. The molecule has 3 heterocycles. The highest BCUT2D eigenvalue weighted by Gasteiger charge is 2.32. The number of nitrogens with one attached hydrogen (secondary N) is 1. The van der Waals surface area contributed by atoms with Crippen LogP contribution in [-0.2, 0) is 26.0 Å². The average molecular weight is 475 g/mol. The summed E-state index contributed by atoms with van der Waals surface area (Å²) >= 11 is 0. The summed E-state index contributed by atoms with van der Waals surface area (Å²) in [7, 11) is -3.64. The number of carbonyl (C=O) groups excluding carboxylic acids is 1. The van der Waals surface area contributed by atoms with Gasteiger partial charge in [-0.05, 0) is 55.8 Å². The number of sulfonamides is 1. The number of carbonyl (C=O) groups is 1. The molecule has 10 heteroatoms. The van der Waals surface area contributed by atoms with Gasteiger partial charge in [-0.25, -0.2) is 13.4 Å². The summed E-state index contributed by atoms with van der Waals surface area (Å²) in [5.74, 6) is 0.601. The number of aromatic nitrogens is 1. The maximum Gasteiger partial charge on any atom is 0.251 e. The number of morpholine rings is 2.